The lowest BCUT2D eigenvalue weighted by molar-refractivity contribution is 0.299. The first kappa shape index (κ1) is 12.7. The first-order valence-corrected chi connectivity index (χ1v) is 6.22. The molecular weight excluding hydrogens is 242 g/mol. The highest BCUT2D eigenvalue weighted by atomic mass is 32.1. The molecule has 0 bridgehead atoms. The molecule has 2 aromatic carbocycles. The third kappa shape index (κ3) is 2.75. The molecule has 0 aromatic heterocycles. The van der Waals surface area contributed by atoms with E-state index in [1.807, 2.05) is 48.5 Å². The average Bonchev–Trinajstić information content (AvgIpc) is 2.40. The lowest BCUT2D eigenvalue weighted by Gasteiger charge is -2.09. The summed E-state index contributed by atoms with van der Waals surface area (Å²) in [7, 11) is 0. The van der Waals surface area contributed by atoms with Crippen LogP contribution in [0.25, 0.3) is 11.1 Å². The highest BCUT2D eigenvalue weighted by Gasteiger charge is 2.06. The van der Waals surface area contributed by atoms with Gasteiger partial charge in [-0.15, -0.1) is 0 Å². The second-order valence-electron chi connectivity index (χ2n) is 4.08. The van der Waals surface area contributed by atoms with Gasteiger partial charge in [0, 0.05) is 12.2 Å². The predicted octanol–water partition coefficient (Wildman–Crippen LogP) is 2.52. The zero-order chi connectivity index (χ0) is 13.0. The van der Waals surface area contributed by atoms with Gasteiger partial charge in [-0.2, -0.15) is 0 Å². The molecule has 0 aliphatic heterocycles. The summed E-state index contributed by atoms with van der Waals surface area (Å²) >= 11 is 5.06. The Balaban J connectivity index is 2.39. The van der Waals surface area contributed by atoms with Crippen molar-refractivity contribution >= 4 is 17.2 Å². The molecule has 2 aromatic rings. The number of hydrogen-bond acceptors (Lipinski definition) is 2. The van der Waals surface area contributed by atoms with E-state index in [2.05, 4.69) is 0 Å². The van der Waals surface area contributed by atoms with Crippen molar-refractivity contribution in [2.45, 2.75) is 6.42 Å². The van der Waals surface area contributed by atoms with Crippen molar-refractivity contribution in [1.29, 1.82) is 0 Å². The molecule has 2 nitrogen and oxygen atoms in total. The fraction of sp³-hybridized carbons (Fsp3) is 0.133. The van der Waals surface area contributed by atoms with E-state index >= 15 is 0 Å². The van der Waals surface area contributed by atoms with Gasteiger partial charge in [0.15, 0.2) is 0 Å². The number of hydrogen-bond donors (Lipinski definition) is 2. The summed E-state index contributed by atoms with van der Waals surface area (Å²) < 4.78 is 0. The molecule has 3 N–H and O–H groups in total. The number of benzene rings is 2. The SMILES string of the molecule is NC(=S)c1ccccc1-c1ccc(CCO)cc1. The van der Waals surface area contributed by atoms with Gasteiger partial charge >= 0.3 is 0 Å². The van der Waals surface area contributed by atoms with Crippen LogP contribution in [0, 0.1) is 0 Å². The highest BCUT2D eigenvalue weighted by Crippen LogP contribution is 2.24. The summed E-state index contributed by atoms with van der Waals surface area (Å²) in [6.07, 6.45) is 0.678. The molecule has 92 valence electrons. The van der Waals surface area contributed by atoms with Crippen molar-refractivity contribution in [3.8, 4) is 11.1 Å². The minimum absolute atomic E-state index is 0.169. The summed E-state index contributed by atoms with van der Waals surface area (Å²) in [5, 5.41) is 8.89. The smallest absolute Gasteiger partial charge is 0.104 e. The van der Waals surface area contributed by atoms with Gasteiger partial charge in [0.05, 0.1) is 0 Å². The molecule has 18 heavy (non-hydrogen) atoms. The van der Waals surface area contributed by atoms with E-state index in [0.29, 0.717) is 11.4 Å². The molecule has 0 saturated carbocycles. The van der Waals surface area contributed by atoms with Gasteiger partial charge in [-0.25, -0.2) is 0 Å². The quantitative estimate of drug-likeness (QED) is 0.827. The van der Waals surface area contributed by atoms with Crippen molar-refractivity contribution in [2.75, 3.05) is 6.61 Å². The van der Waals surface area contributed by atoms with Crippen LogP contribution in [-0.4, -0.2) is 16.7 Å². The monoisotopic (exact) mass is 257 g/mol. The van der Waals surface area contributed by atoms with Crippen LogP contribution in [-0.2, 0) is 6.42 Å². The second kappa shape index (κ2) is 5.76. The van der Waals surface area contributed by atoms with Crippen LogP contribution in [0.4, 0.5) is 0 Å². The van der Waals surface area contributed by atoms with Gasteiger partial charge in [0.1, 0.15) is 4.99 Å². The molecule has 0 amide bonds. The summed E-state index contributed by atoms with van der Waals surface area (Å²) in [6.45, 7) is 0.169. The molecule has 0 fully saturated rings. The lowest BCUT2D eigenvalue weighted by atomic mass is 9.98. The standard InChI is InChI=1S/C15H15NOS/c16-15(18)14-4-2-1-3-13(14)12-7-5-11(6-8-12)9-10-17/h1-8,17H,9-10H2,(H2,16,18). The van der Waals surface area contributed by atoms with Crippen LogP contribution >= 0.6 is 12.2 Å². The molecule has 0 atom stereocenters. The number of thiocarbonyl (C=S) groups is 1. The molecule has 0 aliphatic carbocycles. The van der Waals surface area contributed by atoms with E-state index < -0.39 is 0 Å². The highest BCUT2D eigenvalue weighted by molar-refractivity contribution is 7.80. The second-order valence-corrected chi connectivity index (χ2v) is 4.52. The van der Waals surface area contributed by atoms with Crippen LogP contribution < -0.4 is 5.73 Å². The van der Waals surface area contributed by atoms with Gasteiger partial charge in [0.25, 0.3) is 0 Å². The molecule has 2 rings (SSSR count). The first-order chi connectivity index (χ1) is 8.72. The fourth-order valence-corrected chi connectivity index (χ4v) is 2.11. The Morgan fingerprint density at radius 3 is 2.33 bits per heavy atom. The maximum atomic E-state index is 8.89. The normalized spacial score (nSPS) is 10.3. The number of nitrogens with two attached hydrogens (primary N) is 1. The third-order valence-corrected chi connectivity index (χ3v) is 3.08. The minimum Gasteiger partial charge on any atom is -0.396 e. The maximum Gasteiger partial charge on any atom is 0.104 e. The van der Waals surface area contributed by atoms with Crippen LogP contribution in [0.3, 0.4) is 0 Å². The molecule has 0 aliphatic rings. The van der Waals surface area contributed by atoms with Crippen molar-refractivity contribution < 1.29 is 5.11 Å². The molecule has 0 heterocycles. The van der Waals surface area contributed by atoms with Crippen LogP contribution in [0.1, 0.15) is 11.1 Å². The third-order valence-electron chi connectivity index (χ3n) is 2.86. The zero-order valence-corrected chi connectivity index (χ0v) is 10.8. The maximum absolute atomic E-state index is 8.89. The topological polar surface area (TPSA) is 46.2 Å². The van der Waals surface area contributed by atoms with E-state index in [9.17, 15) is 0 Å². The molecule has 0 saturated heterocycles. The Morgan fingerprint density at radius 2 is 1.72 bits per heavy atom. The van der Waals surface area contributed by atoms with E-state index in [-0.39, 0.29) is 6.61 Å². The molecule has 0 unspecified atom stereocenters. The Bertz CT molecular complexity index is 549. The Morgan fingerprint density at radius 1 is 1.06 bits per heavy atom. The molecular formula is C15H15NOS. The van der Waals surface area contributed by atoms with Crippen molar-refractivity contribution in [3.63, 3.8) is 0 Å². The zero-order valence-electron chi connectivity index (χ0n) is 9.97. The van der Waals surface area contributed by atoms with Crippen molar-refractivity contribution in [2.24, 2.45) is 5.73 Å². The summed E-state index contributed by atoms with van der Waals surface area (Å²) in [6, 6.07) is 15.9. The van der Waals surface area contributed by atoms with Crippen LogP contribution in [0.5, 0.6) is 0 Å². The first-order valence-electron chi connectivity index (χ1n) is 5.81. The summed E-state index contributed by atoms with van der Waals surface area (Å²) in [5.74, 6) is 0. The average molecular weight is 257 g/mol. The number of aliphatic hydroxyl groups is 1. The lowest BCUT2D eigenvalue weighted by Crippen LogP contribution is -2.10. The van der Waals surface area contributed by atoms with Gasteiger partial charge in [-0.05, 0) is 23.1 Å². The van der Waals surface area contributed by atoms with Crippen LogP contribution in [0.2, 0.25) is 0 Å². The number of aliphatic hydroxyl groups excluding tert-OH is 1. The van der Waals surface area contributed by atoms with E-state index in [4.69, 9.17) is 23.1 Å². The summed E-state index contributed by atoms with van der Waals surface area (Å²) in [5.41, 5.74) is 9.86. The largest absolute Gasteiger partial charge is 0.396 e. The van der Waals surface area contributed by atoms with Gasteiger partial charge in [-0.3, -0.25) is 0 Å². The summed E-state index contributed by atoms with van der Waals surface area (Å²) in [4.78, 5) is 0.407. The van der Waals surface area contributed by atoms with E-state index in [1.165, 1.54) is 0 Å². The molecule has 0 radical (unpaired) electrons. The minimum atomic E-state index is 0.169. The van der Waals surface area contributed by atoms with E-state index in [1.54, 1.807) is 0 Å². The fourth-order valence-electron chi connectivity index (χ4n) is 1.93. The predicted molar refractivity (Wildman–Crippen MR) is 78.6 cm³/mol. The van der Waals surface area contributed by atoms with Crippen molar-refractivity contribution in [1.82, 2.24) is 0 Å². The van der Waals surface area contributed by atoms with E-state index in [0.717, 1.165) is 22.3 Å². The van der Waals surface area contributed by atoms with Crippen molar-refractivity contribution in [3.05, 3.63) is 59.7 Å². The van der Waals surface area contributed by atoms with Crippen LogP contribution in [0.15, 0.2) is 48.5 Å². The Kier molecular flexibility index (Phi) is 4.07. The Hall–Kier alpha value is -1.71. The molecule has 3 heteroatoms. The van der Waals surface area contributed by atoms with Gasteiger partial charge < -0.3 is 10.8 Å². The number of rotatable bonds is 4. The Labute approximate surface area is 112 Å². The van der Waals surface area contributed by atoms with Gasteiger partial charge in [-0.1, -0.05) is 60.7 Å². The molecule has 0 spiro atoms. The van der Waals surface area contributed by atoms with Gasteiger partial charge in [0.2, 0.25) is 0 Å².